The maximum Gasteiger partial charge on any atom is 0.197 e. The number of Topliss-reactive ketones (excluding diaryl/α,β-unsaturated/α-hetero) is 1. The molecule has 0 radical (unpaired) electrons. The topological polar surface area (TPSA) is 69.1 Å². The smallest absolute Gasteiger partial charge is 0.197 e. The van der Waals surface area contributed by atoms with Crippen molar-refractivity contribution in [1.82, 2.24) is 0 Å². The Balaban J connectivity index is 2.27. The molecule has 2 rings (SSSR count). The quantitative estimate of drug-likeness (QED) is 0.596. The maximum absolute atomic E-state index is 13.5. The Labute approximate surface area is 98.6 Å². The molecule has 0 fully saturated rings. The third-order valence-corrected chi connectivity index (χ3v) is 2.69. The summed E-state index contributed by atoms with van der Waals surface area (Å²) in [4.78, 5) is 12.0. The Kier molecular flexibility index (Phi) is 2.92. The van der Waals surface area contributed by atoms with Crippen LogP contribution in [0, 0.1) is 0 Å². The summed E-state index contributed by atoms with van der Waals surface area (Å²) in [5, 5.41) is 0. The van der Waals surface area contributed by atoms with Crippen molar-refractivity contribution in [2.45, 2.75) is 11.8 Å². The molecule has 88 valence electrons. The highest BCUT2D eigenvalue weighted by molar-refractivity contribution is 6.10. The van der Waals surface area contributed by atoms with Crippen molar-refractivity contribution in [2.24, 2.45) is 11.5 Å². The van der Waals surface area contributed by atoms with Gasteiger partial charge in [-0.3, -0.25) is 10.5 Å². The molecule has 0 bridgehead atoms. The standard InChI is InChI=1S/C13H13FN2O/c14-13(16)7-6-10(8-11(13)15)12(17)9-4-2-1-3-5-9/h1-8,11H,15-16H2. The number of benzene rings is 1. The Morgan fingerprint density at radius 2 is 1.94 bits per heavy atom. The van der Waals surface area contributed by atoms with Crippen LogP contribution in [-0.2, 0) is 0 Å². The van der Waals surface area contributed by atoms with Gasteiger partial charge in [-0.05, 0) is 6.08 Å². The van der Waals surface area contributed by atoms with Gasteiger partial charge >= 0.3 is 0 Å². The number of carbonyl (C=O) groups excluding carboxylic acids is 1. The number of halogens is 1. The number of alkyl halides is 1. The number of hydrogen-bond acceptors (Lipinski definition) is 3. The molecule has 2 atom stereocenters. The van der Waals surface area contributed by atoms with Gasteiger partial charge in [-0.15, -0.1) is 0 Å². The van der Waals surface area contributed by atoms with Gasteiger partial charge in [0.15, 0.2) is 11.6 Å². The molecule has 4 heteroatoms. The number of rotatable bonds is 2. The summed E-state index contributed by atoms with van der Waals surface area (Å²) in [6.07, 6.45) is 3.85. The second-order valence-corrected chi connectivity index (χ2v) is 4.00. The van der Waals surface area contributed by atoms with E-state index in [-0.39, 0.29) is 5.78 Å². The average Bonchev–Trinajstić information content (AvgIpc) is 2.33. The summed E-state index contributed by atoms with van der Waals surface area (Å²) in [6, 6.07) is 7.74. The van der Waals surface area contributed by atoms with E-state index in [0.717, 1.165) is 6.08 Å². The molecule has 1 aromatic rings. The zero-order chi connectivity index (χ0) is 12.5. The monoisotopic (exact) mass is 232 g/mol. The number of hydrogen-bond donors (Lipinski definition) is 2. The summed E-state index contributed by atoms with van der Waals surface area (Å²) in [6.45, 7) is 0. The Bertz CT molecular complexity index is 491. The van der Waals surface area contributed by atoms with Crippen LogP contribution in [0.3, 0.4) is 0 Å². The summed E-state index contributed by atoms with van der Waals surface area (Å²) in [5.41, 5.74) is 11.7. The zero-order valence-corrected chi connectivity index (χ0v) is 9.14. The van der Waals surface area contributed by atoms with E-state index in [2.05, 4.69) is 0 Å². The minimum Gasteiger partial charge on any atom is -0.320 e. The van der Waals surface area contributed by atoms with Crippen LogP contribution in [0.2, 0.25) is 0 Å². The molecule has 1 aliphatic rings. The fraction of sp³-hybridized carbons (Fsp3) is 0.154. The lowest BCUT2D eigenvalue weighted by Crippen LogP contribution is -2.50. The Hall–Kier alpha value is -1.78. The van der Waals surface area contributed by atoms with Crippen molar-refractivity contribution in [1.29, 1.82) is 0 Å². The fourth-order valence-corrected chi connectivity index (χ4v) is 1.61. The molecular formula is C13H13FN2O. The van der Waals surface area contributed by atoms with Crippen molar-refractivity contribution >= 4 is 5.78 Å². The molecule has 0 heterocycles. The van der Waals surface area contributed by atoms with E-state index >= 15 is 0 Å². The first-order chi connectivity index (χ1) is 8.00. The van der Waals surface area contributed by atoms with Crippen LogP contribution < -0.4 is 11.5 Å². The van der Waals surface area contributed by atoms with Crippen LogP contribution in [0.4, 0.5) is 4.39 Å². The maximum atomic E-state index is 13.5. The SMILES string of the molecule is NC1C=C(C(=O)c2ccccc2)C=CC1(N)F. The van der Waals surface area contributed by atoms with E-state index in [4.69, 9.17) is 11.5 Å². The molecule has 1 aromatic carbocycles. The Morgan fingerprint density at radius 3 is 2.53 bits per heavy atom. The van der Waals surface area contributed by atoms with Crippen LogP contribution in [0.25, 0.3) is 0 Å². The van der Waals surface area contributed by atoms with Crippen molar-refractivity contribution in [2.75, 3.05) is 0 Å². The van der Waals surface area contributed by atoms with Gasteiger partial charge in [0.2, 0.25) is 0 Å². The average molecular weight is 232 g/mol. The molecule has 2 unspecified atom stereocenters. The number of ketones is 1. The van der Waals surface area contributed by atoms with E-state index in [0.29, 0.717) is 11.1 Å². The third-order valence-electron chi connectivity index (χ3n) is 2.69. The molecule has 4 N–H and O–H groups in total. The first-order valence-electron chi connectivity index (χ1n) is 5.25. The van der Waals surface area contributed by atoms with E-state index in [1.807, 2.05) is 6.07 Å². The largest absolute Gasteiger partial charge is 0.320 e. The summed E-state index contributed by atoms with van der Waals surface area (Å²) in [5.74, 6) is -2.27. The summed E-state index contributed by atoms with van der Waals surface area (Å²) >= 11 is 0. The highest BCUT2D eigenvalue weighted by Gasteiger charge is 2.31. The second-order valence-electron chi connectivity index (χ2n) is 4.00. The molecule has 0 saturated heterocycles. The highest BCUT2D eigenvalue weighted by Crippen LogP contribution is 2.21. The first-order valence-corrected chi connectivity index (χ1v) is 5.25. The van der Waals surface area contributed by atoms with Crippen molar-refractivity contribution in [3.8, 4) is 0 Å². The predicted molar refractivity (Wildman–Crippen MR) is 64.0 cm³/mol. The van der Waals surface area contributed by atoms with Crippen molar-refractivity contribution in [3.05, 3.63) is 59.7 Å². The Morgan fingerprint density at radius 1 is 1.29 bits per heavy atom. The molecule has 0 saturated carbocycles. The van der Waals surface area contributed by atoms with Gasteiger partial charge in [0.1, 0.15) is 0 Å². The second kappa shape index (κ2) is 4.24. The van der Waals surface area contributed by atoms with E-state index in [1.54, 1.807) is 24.3 Å². The third kappa shape index (κ3) is 2.33. The number of allylic oxidation sites excluding steroid dienone is 2. The zero-order valence-electron chi connectivity index (χ0n) is 9.14. The summed E-state index contributed by atoms with van der Waals surface area (Å²) < 4.78 is 13.5. The molecule has 0 spiro atoms. The lowest BCUT2D eigenvalue weighted by Gasteiger charge is -2.25. The van der Waals surface area contributed by atoms with Gasteiger partial charge in [-0.1, -0.05) is 42.5 Å². The van der Waals surface area contributed by atoms with Crippen LogP contribution in [0.5, 0.6) is 0 Å². The molecule has 0 aliphatic heterocycles. The van der Waals surface area contributed by atoms with Crippen LogP contribution in [-0.4, -0.2) is 17.6 Å². The normalized spacial score (nSPS) is 27.7. The van der Waals surface area contributed by atoms with Crippen LogP contribution >= 0.6 is 0 Å². The summed E-state index contributed by atoms with van der Waals surface area (Å²) in [7, 11) is 0. The lowest BCUT2D eigenvalue weighted by atomic mass is 9.92. The number of carbonyl (C=O) groups is 1. The van der Waals surface area contributed by atoms with Gasteiger partial charge in [-0.25, -0.2) is 4.39 Å². The van der Waals surface area contributed by atoms with Gasteiger partial charge in [-0.2, -0.15) is 0 Å². The number of nitrogens with two attached hydrogens (primary N) is 2. The van der Waals surface area contributed by atoms with E-state index in [9.17, 15) is 9.18 Å². The fourth-order valence-electron chi connectivity index (χ4n) is 1.61. The van der Waals surface area contributed by atoms with E-state index in [1.165, 1.54) is 12.2 Å². The van der Waals surface area contributed by atoms with Crippen molar-refractivity contribution in [3.63, 3.8) is 0 Å². The molecule has 1 aliphatic carbocycles. The minimum absolute atomic E-state index is 0.187. The van der Waals surface area contributed by atoms with Crippen LogP contribution in [0.1, 0.15) is 10.4 Å². The van der Waals surface area contributed by atoms with Crippen molar-refractivity contribution < 1.29 is 9.18 Å². The molecule has 3 nitrogen and oxygen atoms in total. The van der Waals surface area contributed by atoms with Gasteiger partial charge in [0, 0.05) is 11.1 Å². The van der Waals surface area contributed by atoms with Crippen LogP contribution in [0.15, 0.2) is 54.1 Å². The van der Waals surface area contributed by atoms with E-state index < -0.39 is 11.8 Å². The lowest BCUT2D eigenvalue weighted by molar-refractivity contribution is 0.103. The minimum atomic E-state index is -2.08. The van der Waals surface area contributed by atoms with Gasteiger partial charge < -0.3 is 5.73 Å². The van der Waals surface area contributed by atoms with Gasteiger partial charge in [0.25, 0.3) is 0 Å². The van der Waals surface area contributed by atoms with Gasteiger partial charge in [0.05, 0.1) is 6.04 Å². The highest BCUT2D eigenvalue weighted by atomic mass is 19.1. The molecule has 17 heavy (non-hydrogen) atoms. The predicted octanol–water partition coefficient (Wildman–Crippen LogP) is 1.32. The molecule has 0 aromatic heterocycles. The molecule has 0 amide bonds. The molecular weight excluding hydrogens is 219 g/mol. The first kappa shape index (κ1) is 11.7.